The lowest BCUT2D eigenvalue weighted by Gasteiger charge is -2.26. The molecule has 1 aliphatic heterocycles. The van der Waals surface area contributed by atoms with Gasteiger partial charge in [-0.05, 0) is 62.2 Å². The SMILES string of the molecule is CCOC(=O)NC(=O)c1c(NC(=O)c2ccc(S(=O)(=O)N(C)c3ccccc3)cc2)sc2c1CCN(C(=O)OCC)C2. The molecule has 0 saturated carbocycles. The Morgan fingerprint density at radius 3 is 2.26 bits per heavy atom. The van der Waals surface area contributed by atoms with Crippen LogP contribution in [-0.4, -0.2) is 64.1 Å². The van der Waals surface area contributed by atoms with Crippen molar-refractivity contribution in [2.75, 3.05) is 36.4 Å². The summed E-state index contributed by atoms with van der Waals surface area (Å²) < 4.78 is 37.3. The number of sulfonamides is 1. The van der Waals surface area contributed by atoms with Gasteiger partial charge in [-0.3, -0.25) is 19.2 Å². The maximum Gasteiger partial charge on any atom is 0.414 e. The number of thiophene rings is 1. The van der Waals surface area contributed by atoms with Crippen LogP contribution in [0.2, 0.25) is 0 Å². The predicted molar refractivity (Wildman–Crippen MR) is 156 cm³/mol. The van der Waals surface area contributed by atoms with E-state index in [2.05, 4.69) is 10.6 Å². The van der Waals surface area contributed by atoms with Crippen molar-refractivity contribution >= 4 is 56.0 Å². The second kappa shape index (κ2) is 13.0. The summed E-state index contributed by atoms with van der Waals surface area (Å²) in [5.41, 5.74) is 1.33. The molecule has 2 aromatic carbocycles. The van der Waals surface area contributed by atoms with Gasteiger partial charge in [0.05, 0.1) is 35.9 Å². The number of hydrogen-bond acceptors (Lipinski definition) is 9. The number of para-hydroxylation sites is 1. The zero-order valence-corrected chi connectivity index (χ0v) is 24.8. The fourth-order valence-corrected chi connectivity index (χ4v) is 6.76. The van der Waals surface area contributed by atoms with Gasteiger partial charge < -0.3 is 19.7 Å². The van der Waals surface area contributed by atoms with Crippen molar-refractivity contribution in [2.45, 2.75) is 31.7 Å². The molecule has 42 heavy (non-hydrogen) atoms. The molecule has 4 amide bonds. The van der Waals surface area contributed by atoms with Gasteiger partial charge in [-0.2, -0.15) is 0 Å². The fourth-order valence-electron chi connectivity index (χ4n) is 4.31. The number of fused-ring (bicyclic) bond motifs is 1. The van der Waals surface area contributed by atoms with Crippen LogP contribution in [0, 0.1) is 0 Å². The molecule has 3 aromatic rings. The summed E-state index contributed by atoms with van der Waals surface area (Å²) >= 11 is 1.11. The first kappa shape index (κ1) is 30.5. The maximum atomic E-state index is 13.2. The van der Waals surface area contributed by atoms with Crippen molar-refractivity contribution in [3.05, 3.63) is 76.2 Å². The maximum absolute atomic E-state index is 13.2. The third-order valence-corrected chi connectivity index (χ3v) is 9.35. The number of ether oxygens (including phenoxy) is 2. The average molecular weight is 615 g/mol. The highest BCUT2D eigenvalue weighted by molar-refractivity contribution is 7.92. The molecule has 2 N–H and O–H groups in total. The number of amides is 4. The summed E-state index contributed by atoms with van der Waals surface area (Å²) in [5, 5.41) is 5.06. The molecule has 4 rings (SSSR count). The van der Waals surface area contributed by atoms with Gasteiger partial charge >= 0.3 is 12.2 Å². The molecule has 0 fully saturated rings. The minimum absolute atomic E-state index is 0.00875. The number of hydrogen-bond donors (Lipinski definition) is 2. The molecule has 14 heteroatoms. The Kier molecular flexibility index (Phi) is 9.48. The van der Waals surface area contributed by atoms with Crippen LogP contribution in [-0.2, 0) is 32.5 Å². The smallest absolute Gasteiger partial charge is 0.414 e. The first-order valence-corrected chi connectivity index (χ1v) is 15.3. The van der Waals surface area contributed by atoms with Gasteiger partial charge in [0.15, 0.2) is 0 Å². The predicted octanol–water partition coefficient (Wildman–Crippen LogP) is 4.23. The third kappa shape index (κ3) is 6.55. The van der Waals surface area contributed by atoms with Crippen LogP contribution in [0.15, 0.2) is 59.5 Å². The number of alkyl carbamates (subject to hydrolysis) is 1. The van der Waals surface area contributed by atoms with E-state index in [9.17, 15) is 27.6 Å². The van der Waals surface area contributed by atoms with Crippen molar-refractivity contribution in [2.24, 2.45) is 0 Å². The summed E-state index contributed by atoms with van der Waals surface area (Å²) in [6.07, 6.45) is -1.12. The lowest BCUT2D eigenvalue weighted by Crippen LogP contribution is -2.37. The number of rotatable bonds is 8. The van der Waals surface area contributed by atoms with E-state index in [0.717, 1.165) is 15.6 Å². The Morgan fingerprint density at radius 1 is 0.952 bits per heavy atom. The number of nitrogens with one attached hydrogen (secondary N) is 2. The number of anilines is 2. The summed E-state index contributed by atoms with van der Waals surface area (Å²) in [6, 6.07) is 14.0. The highest BCUT2D eigenvalue weighted by atomic mass is 32.2. The van der Waals surface area contributed by atoms with Crippen molar-refractivity contribution in [1.82, 2.24) is 10.2 Å². The molecule has 0 saturated heterocycles. The molecule has 0 aliphatic carbocycles. The van der Waals surface area contributed by atoms with E-state index in [4.69, 9.17) is 9.47 Å². The second-order valence-electron chi connectivity index (χ2n) is 9.04. The third-order valence-electron chi connectivity index (χ3n) is 6.42. The van der Waals surface area contributed by atoms with Gasteiger partial charge in [0.2, 0.25) is 0 Å². The molecule has 2 heterocycles. The molecule has 1 aromatic heterocycles. The van der Waals surface area contributed by atoms with Gasteiger partial charge in [-0.15, -0.1) is 11.3 Å². The molecule has 222 valence electrons. The number of benzene rings is 2. The molecule has 0 atom stereocenters. The first-order valence-electron chi connectivity index (χ1n) is 13.1. The number of nitrogens with zero attached hydrogens (tertiary/aromatic N) is 2. The lowest BCUT2D eigenvalue weighted by molar-refractivity contribution is 0.0924. The summed E-state index contributed by atoms with van der Waals surface area (Å²) in [5.74, 6) is -1.35. The molecule has 12 nitrogen and oxygen atoms in total. The number of carbonyl (C=O) groups excluding carboxylic acids is 4. The van der Waals surface area contributed by atoms with Gasteiger partial charge in [0.1, 0.15) is 5.00 Å². The van der Waals surface area contributed by atoms with Crippen molar-refractivity contribution < 1.29 is 37.1 Å². The van der Waals surface area contributed by atoms with Gasteiger partial charge in [0.25, 0.3) is 21.8 Å². The lowest BCUT2D eigenvalue weighted by atomic mass is 10.0. The average Bonchev–Trinajstić information content (AvgIpc) is 3.34. The van der Waals surface area contributed by atoms with Crippen molar-refractivity contribution in [1.29, 1.82) is 0 Å². The van der Waals surface area contributed by atoms with Crippen LogP contribution in [0.3, 0.4) is 0 Å². The van der Waals surface area contributed by atoms with Gasteiger partial charge in [-0.25, -0.2) is 18.0 Å². The second-order valence-corrected chi connectivity index (χ2v) is 12.1. The Hall–Kier alpha value is -4.43. The van der Waals surface area contributed by atoms with E-state index >= 15 is 0 Å². The van der Waals surface area contributed by atoms with E-state index in [0.29, 0.717) is 22.5 Å². The topological polar surface area (TPSA) is 151 Å². The molecule has 0 radical (unpaired) electrons. The molecular weight excluding hydrogens is 584 g/mol. The zero-order valence-electron chi connectivity index (χ0n) is 23.2. The minimum atomic E-state index is -3.88. The first-order chi connectivity index (χ1) is 20.1. The Labute approximate surface area is 247 Å². The van der Waals surface area contributed by atoms with Gasteiger partial charge in [0, 0.05) is 24.0 Å². The van der Waals surface area contributed by atoms with Crippen LogP contribution in [0.4, 0.5) is 20.3 Å². The van der Waals surface area contributed by atoms with Crippen LogP contribution in [0.25, 0.3) is 0 Å². The quantitative estimate of drug-likeness (QED) is 0.383. The Bertz CT molecular complexity index is 1590. The van der Waals surface area contributed by atoms with Crippen LogP contribution in [0.5, 0.6) is 0 Å². The number of carbonyl (C=O) groups is 4. The number of imide groups is 1. The van der Waals surface area contributed by atoms with Crippen molar-refractivity contribution in [3.8, 4) is 0 Å². The van der Waals surface area contributed by atoms with E-state index < -0.39 is 34.0 Å². The highest BCUT2D eigenvalue weighted by Crippen LogP contribution is 2.37. The van der Waals surface area contributed by atoms with Crippen LogP contribution < -0.4 is 14.9 Å². The molecule has 1 aliphatic rings. The summed E-state index contributed by atoms with van der Waals surface area (Å²) in [6.45, 7) is 4.02. The molecule has 0 spiro atoms. The summed E-state index contributed by atoms with van der Waals surface area (Å²) in [4.78, 5) is 52.8. The minimum Gasteiger partial charge on any atom is -0.450 e. The normalized spacial score (nSPS) is 12.6. The van der Waals surface area contributed by atoms with E-state index in [1.165, 1.54) is 36.2 Å². The van der Waals surface area contributed by atoms with E-state index in [1.807, 2.05) is 0 Å². The van der Waals surface area contributed by atoms with Gasteiger partial charge in [-0.1, -0.05) is 18.2 Å². The fraction of sp³-hybridized carbons (Fsp3) is 0.286. The standard InChI is InChI=1S/C28H30N4O8S2/c1-4-39-27(35)30-25(34)23-21-15-16-32(28(36)40-5-2)17-22(21)41-26(23)29-24(33)18-11-13-20(14-12-18)42(37,38)31(3)19-9-7-6-8-10-19/h6-14H,4-5,15-17H2,1-3H3,(H,29,33)(H,30,34,35). The van der Waals surface area contributed by atoms with Crippen LogP contribution >= 0.6 is 11.3 Å². The Morgan fingerprint density at radius 2 is 1.62 bits per heavy atom. The largest absolute Gasteiger partial charge is 0.450 e. The summed E-state index contributed by atoms with van der Waals surface area (Å²) in [7, 11) is -2.44. The molecule has 0 unspecified atom stereocenters. The molecule has 0 bridgehead atoms. The van der Waals surface area contributed by atoms with E-state index in [-0.39, 0.29) is 47.3 Å². The van der Waals surface area contributed by atoms with Crippen molar-refractivity contribution in [3.63, 3.8) is 0 Å². The highest BCUT2D eigenvalue weighted by Gasteiger charge is 2.32. The van der Waals surface area contributed by atoms with Crippen LogP contribution in [0.1, 0.15) is 45.0 Å². The van der Waals surface area contributed by atoms with E-state index in [1.54, 1.807) is 44.2 Å². The Balaban J connectivity index is 1.59. The monoisotopic (exact) mass is 614 g/mol. The molecular formula is C28H30N4O8S2. The zero-order chi connectivity index (χ0) is 30.4.